The third-order valence-electron chi connectivity index (χ3n) is 10.1. The molecule has 0 aromatic carbocycles. The highest BCUT2D eigenvalue weighted by molar-refractivity contribution is 5.70. The molecule has 1 heterocycles. The molecule has 1 rings (SSSR count). The Kier molecular flexibility index (Phi) is 33.1. The monoisotopic (exact) mass is 769 g/mol. The molecule has 6 atom stereocenters. The van der Waals surface area contributed by atoms with Gasteiger partial charge in [0.25, 0.3) is 0 Å². The smallest absolute Gasteiger partial charge is 0.306 e. The van der Waals surface area contributed by atoms with Crippen molar-refractivity contribution < 1.29 is 49.0 Å². The summed E-state index contributed by atoms with van der Waals surface area (Å²) < 4.78 is 22.1. The predicted molar refractivity (Wildman–Crippen MR) is 215 cm³/mol. The van der Waals surface area contributed by atoms with Crippen LogP contribution in [0.1, 0.15) is 187 Å². The van der Waals surface area contributed by atoms with Gasteiger partial charge < -0.3 is 39.4 Å². The molecular weight excluding hydrogens is 688 g/mol. The minimum absolute atomic E-state index is 0.210. The predicted octanol–water partition coefficient (Wildman–Crippen LogP) is 8.94. The average Bonchev–Trinajstić information content (AvgIpc) is 3.17. The van der Waals surface area contributed by atoms with Gasteiger partial charge in [0.2, 0.25) is 0 Å². The van der Waals surface area contributed by atoms with Crippen LogP contribution in [-0.4, -0.2) is 89.0 Å². The van der Waals surface area contributed by atoms with E-state index in [2.05, 4.69) is 38.2 Å². The molecule has 0 spiro atoms. The Morgan fingerprint density at radius 2 is 0.981 bits per heavy atom. The summed E-state index contributed by atoms with van der Waals surface area (Å²) in [6, 6.07) is 0. The molecule has 1 aliphatic rings. The number of aliphatic hydroxyl groups is 4. The van der Waals surface area contributed by atoms with Crippen LogP contribution < -0.4 is 0 Å². The molecule has 0 saturated carbocycles. The van der Waals surface area contributed by atoms with Gasteiger partial charge in [0, 0.05) is 12.8 Å². The lowest BCUT2D eigenvalue weighted by Crippen LogP contribution is -2.59. The molecule has 4 N–H and O–H groups in total. The molecular formula is C44H80O10. The van der Waals surface area contributed by atoms with Crippen LogP contribution in [0.25, 0.3) is 0 Å². The molecule has 2 unspecified atom stereocenters. The van der Waals surface area contributed by atoms with E-state index in [1.165, 1.54) is 89.9 Å². The molecule has 0 bridgehead atoms. The van der Waals surface area contributed by atoms with Gasteiger partial charge in [0.1, 0.15) is 31.0 Å². The Morgan fingerprint density at radius 1 is 0.556 bits per heavy atom. The van der Waals surface area contributed by atoms with Crippen molar-refractivity contribution in [2.45, 2.75) is 224 Å². The number of esters is 2. The number of hydrogen-bond acceptors (Lipinski definition) is 10. The van der Waals surface area contributed by atoms with Crippen molar-refractivity contribution in [1.29, 1.82) is 0 Å². The summed E-state index contributed by atoms with van der Waals surface area (Å²) in [7, 11) is 0. The van der Waals surface area contributed by atoms with Gasteiger partial charge in [-0.05, 0) is 64.2 Å². The van der Waals surface area contributed by atoms with E-state index < -0.39 is 49.4 Å². The number of ether oxygens (including phenoxy) is 4. The third kappa shape index (κ3) is 26.9. The molecule has 10 nitrogen and oxygen atoms in total. The van der Waals surface area contributed by atoms with Crippen LogP contribution in [0.3, 0.4) is 0 Å². The van der Waals surface area contributed by atoms with Gasteiger partial charge in [0.05, 0.1) is 13.2 Å². The molecule has 0 aromatic heterocycles. The highest BCUT2D eigenvalue weighted by Crippen LogP contribution is 2.22. The number of allylic oxidation sites excluding steroid dienone is 4. The van der Waals surface area contributed by atoms with Crippen LogP contribution in [0.15, 0.2) is 24.3 Å². The van der Waals surface area contributed by atoms with Crippen molar-refractivity contribution in [2.24, 2.45) is 0 Å². The van der Waals surface area contributed by atoms with Gasteiger partial charge in [-0.3, -0.25) is 9.59 Å². The Morgan fingerprint density at radius 3 is 1.46 bits per heavy atom. The Bertz CT molecular complexity index is 938. The summed E-state index contributed by atoms with van der Waals surface area (Å²) in [6.07, 6.45) is 30.4. The number of aliphatic hydroxyl groups excluding tert-OH is 4. The number of carbonyl (C=O) groups excluding carboxylic acids is 2. The van der Waals surface area contributed by atoms with Crippen LogP contribution >= 0.6 is 0 Å². The fraction of sp³-hybridized carbons (Fsp3) is 0.864. The van der Waals surface area contributed by atoms with Gasteiger partial charge in [0.15, 0.2) is 12.4 Å². The second-order valence-electron chi connectivity index (χ2n) is 15.1. The van der Waals surface area contributed by atoms with Crippen molar-refractivity contribution >= 4 is 11.9 Å². The summed E-state index contributed by atoms with van der Waals surface area (Å²) >= 11 is 0. The fourth-order valence-corrected chi connectivity index (χ4v) is 6.53. The lowest BCUT2D eigenvalue weighted by Gasteiger charge is -2.39. The first-order chi connectivity index (χ1) is 26.3. The fourth-order valence-electron chi connectivity index (χ4n) is 6.53. The highest BCUT2D eigenvalue weighted by atomic mass is 16.7. The van der Waals surface area contributed by atoms with Gasteiger partial charge in [-0.2, -0.15) is 0 Å². The van der Waals surface area contributed by atoms with Gasteiger partial charge in [-0.15, -0.1) is 0 Å². The van der Waals surface area contributed by atoms with E-state index in [0.717, 1.165) is 57.8 Å². The van der Waals surface area contributed by atoms with E-state index in [1.807, 2.05) is 0 Å². The SMILES string of the molecule is CCCCCCC/C=C/CCCCCCCC(=O)OC[C@H](CO[C@@H]1O[C@H](CO)[C@H](O)C(O)C1O)OC(=O)CCCCC/C=C/CCCCCCCCCC. The van der Waals surface area contributed by atoms with Crippen LogP contribution in [0.4, 0.5) is 0 Å². The van der Waals surface area contributed by atoms with Crippen LogP contribution in [-0.2, 0) is 28.5 Å². The summed E-state index contributed by atoms with van der Waals surface area (Å²) in [5.74, 6) is -0.832. The maximum atomic E-state index is 12.7. The lowest BCUT2D eigenvalue weighted by molar-refractivity contribution is -0.305. The largest absolute Gasteiger partial charge is 0.462 e. The molecule has 316 valence electrons. The standard InChI is InChI=1S/C44H80O10/c1-3-5-7-9-11-13-15-17-19-21-23-25-27-29-31-33-40(47)53-37(36-52-44-43(50)42(49)41(48)38(34-45)54-44)35-51-39(46)32-30-28-26-24-22-20-18-16-14-12-10-8-6-4-2/h16,18,21,23,37-38,41-45,48-50H,3-15,17,19-20,22,24-36H2,1-2H3/b18-16+,23-21+/t37-,38-,41+,42?,43?,44-/m1/s1. The quantitative estimate of drug-likeness (QED) is 0.0276. The summed E-state index contributed by atoms with van der Waals surface area (Å²) in [6.45, 7) is 3.39. The Labute approximate surface area is 328 Å². The molecule has 1 fully saturated rings. The van der Waals surface area contributed by atoms with Crippen LogP contribution in [0, 0.1) is 0 Å². The van der Waals surface area contributed by atoms with E-state index in [1.54, 1.807) is 0 Å². The molecule has 54 heavy (non-hydrogen) atoms. The molecule has 0 amide bonds. The molecule has 1 aliphatic heterocycles. The maximum Gasteiger partial charge on any atom is 0.306 e. The van der Waals surface area contributed by atoms with Crippen molar-refractivity contribution in [2.75, 3.05) is 19.8 Å². The maximum absolute atomic E-state index is 12.7. The minimum atomic E-state index is -1.60. The first-order valence-electron chi connectivity index (χ1n) is 21.9. The van der Waals surface area contributed by atoms with Crippen LogP contribution in [0.2, 0.25) is 0 Å². The summed E-state index contributed by atoms with van der Waals surface area (Å²) in [5.41, 5.74) is 0. The normalized spacial score (nSPS) is 20.9. The average molecular weight is 769 g/mol. The van der Waals surface area contributed by atoms with E-state index in [-0.39, 0.29) is 32.0 Å². The molecule has 0 radical (unpaired) electrons. The van der Waals surface area contributed by atoms with E-state index in [0.29, 0.717) is 12.8 Å². The Balaban J connectivity index is 2.36. The van der Waals surface area contributed by atoms with E-state index in [9.17, 15) is 30.0 Å². The summed E-state index contributed by atoms with van der Waals surface area (Å²) in [5, 5.41) is 40.0. The van der Waals surface area contributed by atoms with E-state index >= 15 is 0 Å². The number of carbonyl (C=O) groups is 2. The molecule has 0 aliphatic carbocycles. The number of unbranched alkanes of at least 4 members (excludes halogenated alkanes) is 21. The van der Waals surface area contributed by atoms with Gasteiger partial charge in [-0.1, -0.05) is 134 Å². The minimum Gasteiger partial charge on any atom is -0.462 e. The van der Waals surface area contributed by atoms with Gasteiger partial charge >= 0.3 is 11.9 Å². The van der Waals surface area contributed by atoms with Crippen LogP contribution in [0.5, 0.6) is 0 Å². The highest BCUT2D eigenvalue weighted by Gasteiger charge is 2.44. The number of rotatable bonds is 36. The molecule has 10 heteroatoms. The zero-order chi connectivity index (χ0) is 39.5. The Hall–Kier alpha value is -1.82. The van der Waals surface area contributed by atoms with Crippen molar-refractivity contribution in [3.63, 3.8) is 0 Å². The zero-order valence-electron chi connectivity index (χ0n) is 34.2. The molecule has 1 saturated heterocycles. The number of hydrogen-bond donors (Lipinski definition) is 4. The topological polar surface area (TPSA) is 152 Å². The van der Waals surface area contributed by atoms with Crippen molar-refractivity contribution in [3.05, 3.63) is 24.3 Å². The third-order valence-corrected chi connectivity index (χ3v) is 10.1. The second kappa shape index (κ2) is 35.6. The van der Waals surface area contributed by atoms with Crippen molar-refractivity contribution in [1.82, 2.24) is 0 Å². The molecule has 0 aromatic rings. The lowest BCUT2D eigenvalue weighted by atomic mass is 9.99. The van der Waals surface area contributed by atoms with Crippen molar-refractivity contribution in [3.8, 4) is 0 Å². The second-order valence-corrected chi connectivity index (χ2v) is 15.1. The summed E-state index contributed by atoms with van der Waals surface area (Å²) in [4.78, 5) is 25.3. The zero-order valence-corrected chi connectivity index (χ0v) is 34.2. The van der Waals surface area contributed by atoms with E-state index in [4.69, 9.17) is 18.9 Å². The van der Waals surface area contributed by atoms with Gasteiger partial charge in [-0.25, -0.2) is 0 Å². The first-order valence-corrected chi connectivity index (χ1v) is 21.9. The first kappa shape index (κ1) is 50.2.